The number of nitrogens with one attached hydrogen (secondary N) is 1. The van der Waals surface area contributed by atoms with Crippen molar-refractivity contribution in [1.82, 2.24) is 4.98 Å². The Morgan fingerprint density at radius 1 is 0.955 bits per heavy atom. The Balaban J connectivity index is 1.60. The Hall–Kier alpha value is -2.68. The highest BCUT2D eigenvalue weighted by molar-refractivity contribution is 6.04. The highest BCUT2D eigenvalue weighted by atomic mass is 16.1. The predicted octanol–water partition coefficient (Wildman–Crippen LogP) is 3.98. The van der Waals surface area contributed by atoms with E-state index in [4.69, 9.17) is 0 Å². The zero-order valence-corrected chi connectivity index (χ0v) is 12.2. The molecule has 0 bridgehead atoms. The zero-order chi connectivity index (χ0) is 14.9. The van der Waals surface area contributed by atoms with E-state index >= 15 is 0 Å². The van der Waals surface area contributed by atoms with Gasteiger partial charge < -0.3 is 5.32 Å². The first-order valence-corrected chi connectivity index (χ1v) is 7.58. The maximum Gasteiger partial charge on any atom is 0.274 e. The van der Waals surface area contributed by atoms with Gasteiger partial charge in [0, 0.05) is 11.1 Å². The molecule has 0 radical (unpaired) electrons. The lowest BCUT2D eigenvalue weighted by Crippen LogP contribution is -2.13. The molecule has 0 spiro atoms. The van der Waals surface area contributed by atoms with Gasteiger partial charge in [-0.1, -0.05) is 30.3 Å². The number of nitrogens with zero attached hydrogens (tertiary/aromatic N) is 1. The van der Waals surface area contributed by atoms with E-state index in [9.17, 15) is 4.79 Å². The molecular weight excluding hydrogens is 272 g/mol. The van der Waals surface area contributed by atoms with Crippen LogP contribution in [0.5, 0.6) is 0 Å². The van der Waals surface area contributed by atoms with Crippen molar-refractivity contribution in [2.75, 3.05) is 5.32 Å². The molecule has 22 heavy (non-hydrogen) atoms. The molecule has 1 N–H and O–H groups in total. The number of aromatic nitrogens is 1. The van der Waals surface area contributed by atoms with Crippen molar-refractivity contribution in [3.8, 4) is 0 Å². The van der Waals surface area contributed by atoms with Crippen LogP contribution in [-0.4, -0.2) is 10.9 Å². The Labute approximate surface area is 129 Å². The molecule has 0 saturated carbocycles. The molecule has 0 aliphatic heterocycles. The highest BCUT2D eigenvalue weighted by Crippen LogP contribution is 2.25. The maximum absolute atomic E-state index is 12.4. The van der Waals surface area contributed by atoms with Crippen molar-refractivity contribution in [3.63, 3.8) is 0 Å². The molecular formula is C19H16N2O. The molecule has 4 rings (SSSR count). The van der Waals surface area contributed by atoms with E-state index in [1.165, 1.54) is 17.5 Å². The monoisotopic (exact) mass is 288 g/mol. The summed E-state index contributed by atoms with van der Waals surface area (Å²) >= 11 is 0. The minimum Gasteiger partial charge on any atom is -0.321 e. The van der Waals surface area contributed by atoms with Gasteiger partial charge in [0.05, 0.1) is 5.52 Å². The first-order chi connectivity index (χ1) is 10.8. The van der Waals surface area contributed by atoms with E-state index in [1.807, 2.05) is 36.4 Å². The second kappa shape index (κ2) is 5.26. The number of pyridine rings is 1. The number of hydrogen-bond acceptors (Lipinski definition) is 2. The summed E-state index contributed by atoms with van der Waals surface area (Å²) in [4.78, 5) is 16.8. The summed E-state index contributed by atoms with van der Waals surface area (Å²) in [7, 11) is 0. The Morgan fingerprint density at radius 2 is 1.82 bits per heavy atom. The van der Waals surface area contributed by atoms with Crippen molar-refractivity contribution in [2.24, 2.45) is 0 Å². The molecule has 1 aliphatic rings. The van der Waals surface area contributed by atoms with Crippen LogP contribution in [-0.2, 0) is 12.8 Å². The summed E-state index contributed by atoms with van der Waals surface area (Å²) in [5, 5.41) is 3.99. The summed E-state index contributed by atoms with van der Waals surface area (Å²) in [6, 6.07) is 17.7. The van der Waals surface area contributed by atoms with Gasteiger partial charge in [0.2, 0.25) is 0 Å². The molecule has 1 heterocycles. The number of para-hydroxylation sites is 1. The SMILES string of the molecule is O=C(Nc1ccc2c(c1)CCC2)c1ccc2ccccc2n1. The van der Waals surface area contributed by atoms with Gasteiger partial charge in [-0.3, -0.25) is 4.79 Å². The van der Waals surface area contributed by atoms with Crippen molar-refractivity contribution in [1.29, 1.82) is 0 Å². The van der Waals surface area contributed by atoms with Crippen LogP contribution in [0.1, 0.15) is 28.0 Å². The molecule has 108 valence electrons. The minimum atomic E-state index is -0.163. The summed E-state index contributed by atoms with van der Waals surface area (Å²) in [5.74, 6) is -0.163. The number of aryl methyl sites for hydroxylation is 2. The van der Waals surface area contributed by atoms with E-state index in [0.717, 1.165) is 29.4 Å². The van der Waals surface area contributed by atoms with Gasteiger partial charge in [-0.2, -0.15) is 0 Å². The average molecular weight is 288 g/mol. The van der Waals surface area contributed by atoms with Gasteiger partial charge in [-0.05, 0) is 54.7 Å². The van der Waals surface area contributed by atoms with E-state index in [-0.39, 0.29) is 5.91 Å². The molecule has 3 aromatic rings. The molecule has 1 amide bonds. The second-order valence-electron chi connectivity index (χ2n) is 5.68. The molecule has 0 unspecified atom stereocenters. The number of hydrogen-bond donors (Lipinski definition) is 1. The summed E-state index contributed by atoms with van der Waals surface area (Å²) < 4.78 is 0. The number of fused-ring (bicyclic) bond motifs is 2. The molecule has 2 aromatic carbocycles. The molecule has 0 saturated heterocycles. The molecule has 1 aromatic heterocycles. The number of carbonyl (C=O) groups is 1. The lowest BCUT2D eigenvalue weighted by molar-refractivity contribution is 0.102. The Bertz CT molecular complexity index is 870. The van der Waals surface area contributed by atoms with Crippen LogP contribution in [0, 0.1) is 0 Å². The third kappa shape index (κ3) is 2.35. The predicted molar refractivity (Wildman–Crippen MR) is 88.2 cm³/mol. The number of carbonyl (C=O) groups excluding carboxylic acids is 1. The van der Waals surface area contributed by atoms with E-state index < -0.39 is 0 Å². The molecule has 1 aliphatic carbocycles. The van der Waals surface area contributed by atoms with Gasteiger partial charge in [-0.25, -0.2) is 4.98 Å². The smallest absolute Gasteiger partial charge is 0.274 e. The van der Waals surface area contributed by atoms with E-state index in [2.05, 4.69) is 22.4 Å². The van der Waals surface area contributed by atoms with Crippen LogP contribution in [0.2, 0.25) is 0 Å². The fourth-order valence-electron chi connectivity index (χ4n) is 3.04. The van der Waals surface area contributed by atoms with Gasteiger partial charge in [-0.15, -0.1) is 0 Å². The third-order valence-electron chi connectivity index (χ3n) is 4.19. The number of anilines is 1. The fraction of sp³-hybridized carbons (Fsp3) is 0.158. The Kier molecular flexibility index (Phi) is 3.11. The van der Waals surface area contributed by atoms with Crippen LogP contribution in [0.3, 0.4) is 0 Å². The van der Waals surface area contributed by atoms with Crippen LogP contribution in [0.15, 0.2) is 54.6 Å². The third-order valence-corrected chi connectivity index (χ3v) is 4.19. The van der Waals surface area contributed by atoms with Crippen LogP contribution >= 0.6 is 0 Å². The number of amides is 1. The summed E-state index contributed by atoms with van der Waals surface area (Å²) in [6.45, 7) is 0. The normalized spacial score (nSPS) is 13.1. The van der Waals surface area contributed by atoms with Crippen molar-refractivity contribution in [2.45, 2.75) is 19.3 Å². The van der Waals surface area contributed by atoms with Crippen LogP contribution < -0.4 is 5.32 Å². The largest absolute Gasteiger partial charge is 0.321 e. The van der Waals surface area contributed by atoms with Crippen molar-refractivity contribution in [3.05, 3.63) is 71.4 Å². The Morgan fingerprint density at radius 3 is 2.77 bits per heavy atom. The number of rotatable bonds is 2. The fourth-order valence-corrected chi connectivity index (χ4v) is 3.04. The molecule has 3 heteroatoms. The first-order valence-electron chi connectivity index (χ1n) is 7.58. The quantitative estimate of drug-likeness (QED) is 0.775. The standard InChI is InChI=1S/C19H16N2O/c22-19(18-11-9-14-4-1-2-7-17(14)21-18)20-16-10-8-13-5-3-6-15(13)12-16/h1-2,4,7-12H,3,5-6H2,(H,20,22). The van der Waals surface area contributed by atoms with Crippen LogP contribution in [0.4, 0.5) is 5.69 Å². The first kappa shape index (κ1) is 13.0. The number of benzene rings is 2. The minimum absolute atomic E-state index is 0.163. The van der Waals surface area contributed by atoms with Crippen LogP contribution in [0.25, 0.3) is 10.9 Å². The zero-order valence-electron chi connectivity index (χ0n) is 12.2. The average Bonchev–Trinajstić information content (AvgIpc) is 3.02. The maximum atomic E-state index is 12.4. The summed E-state index contributed by atoms with van der Waals surface area (Å²) in [5.41, 5.74) is 4.88. The second-order valence-corrected chi connectivity index (χ2v) is 5.68. The lowest BCUT2D eigenvalue weighted by atomic mass is 10.1. The van der Waals surface area contributed by atoms with E-state index in [1.54, 1.807) is 6.07 Å². The lowest BCUT2D eigenvalue weighted by Gasteiger charge is -2.07. The molecule has 3 nitrogen and oxygen atoms in total. The van der Waals surface area contributed by atoms with Crippen molar-refractivity contribution < 1.29 is 4.79 Å². The van der Waals surface area contributed by atoms with Crippen molar-refractivity contribution >= 4 is 22.5 Å². The van der Waals surface area contributed by atoms with Gasteiger partial charge in [0.15, 0.2) is 0 Å². The van der Waals surface area contributed by atoms with E-state index in [0.29, 0.717) is 5.69 Å². The highest BCUT2D eigenvalue weighted by Gasteiger charge is 2.13. The summed E-state index contributed by atoms with van der Waals surface area (Å²) in [6.07, 6.45) is 3.46. The molecule has 0 atom stereocenters. The van der Waals surface area contributed by atoms with Gasteiger partial charge in [0.1, 0.15) is 5.69 Å². The molecule has 0 fully saturated rings. The topological polar surface area (TPSA) is 42.0 Å². The van der Waals surface area contributed by atoms with Gasteiger partial charge in [0.25, 0.3) is 5.91 Å². The van der Waals surface area contributed by atoms with Gasteiger partial charge >= 0.3 is 0 Å².